The second kappa shape index (κ2) is 5.97. The van der Waals surface area contributed by atoms with Crippen LogP contribution >= 0.6 is 15.9 Å². The Bertz CT molecular complexity index is 901. The average molecular weight is 428 g/mol. The van der Waals surface area contributed by atoms with Gasteiger partial charge in [0.2, 0.25) is 0 Å². The van der Waals surface area contributed by atoms with Gasteiger partial charge in [-0.2, -0.15) is 13.2 Å². The molecule has 4 rings (SSSR count). The van der Waals surface area contributed by atoms with E-state index < -0.39 is 23.6 Å². The first-order chi connectivity index (χ1) is 12.3. The predicted octanol–water partition coefficient (Wildman–Crippen LogP) is 3.97. The minimum Gasteiger partial charge on any atom is -0.456 e. The molecule has 0 bridgehead atoms. The van der Waals surface area contributed by atoms with E-state index in [0.29, 0.717) is 41.7 Å². The zero-order valence-electron chi connectivity index (χ0n) is 13.4. The highest BCUT2D eigenvalue weighted by molar-refractivity contribution is 9.10. The molecule has 1 N–H and O–H groups in total. The van der Waals surface area contributed by atoms with Crippen LogP contribution in [0.3, 0.4) is 0 Å². The zero-order valence-corrected chi connectivity index (χ0v) is 15.0. The molecule has 4 nitrogen and oxygen atoms in total. The zero-order chi connectivity index (χ0) is 18.6. The molecule has 1 unspecified atom stereocenters. The molecule has 0 fully saturated rings. The number of halogens is 4. The van der Waals surface area contributed by atoms with Gasteiger partial charge in [-0.15, -0.1) is 0 Å². The fraction of sp³-hybridized carbons (Fsp3) is 0.333. The minimum absolute atomic E-state index is 0.0808. The first-order valence-electron chi connectivity index (χ1n) is 8.07. The van der Waals surface area contributed by atoms with E-state index in [-0.39, 0.29) is 16.9 Å². The van der Waals surface area contributed by atoms with E-state index >= 15 is 0 Å². The standard InChI is InChI=1S/C18H13BrF3NO3/c19-10-6-8(4-5-9(10)18(20,21)22)14-15-11(2-1-3-13(15)24)23-12-7-26-17(25)16(12)14/h4-6,14,23H,1-3,7H2. The number of alkyl halides is 3. The lowest BCUT2D eigenvalue weighted by atomic mass is 9.75. The SMILES string of the molecule is O=C1CCCC2=C1C(c1ccc(C(F)(F)F)c(Br)c1)C1=C(COC1=O)N2. The number of carbonyl (C=O) groups is 2. The van der Waals surface area contributed by atoms with Gasteiger partial charge in [0.05, 0.1) is 16.8 Å². The van der Waals surface area contributed by atoms with Gasteiger partial charge in [0, 0.05) is 28.1 Å². The molecular weight excluding hydrogens is 415 g/mol. The van der Waals surface area contributed by atoms with E-state index in [1.807, 2.05) is 0 Å². The lowest BCUT2D eigenvalue weighted by Crippen LogP contribution is -2.32. The number of hydrogen-bond donors (Lipinski definition) is 1. The minimum atomic E-state index is -4.49. The third kappa shape index (κ3) is 2.67. The number of rotatable bonds is 1. The molecule has 0 saturated carbocycles. The monoisotopic (exact) mass is 427 g/mol. The van der Waals surface area contributed by atoms with Crippen LogP contribution in [0.2, 0.25) is 0 Å². The van der Waals surface area contributed by atoms with E-state index in [1.165, 1.54) is 12.1 Å². The molecule has 8 heteroatoms. The molecule has 1 atom stereocenters. The molecule has 0 aromatic heterocycles. The van der Waals surface area contributed by atoms with Crippen LogP contribution in [0.1, 0.15) is 36.3 Å². The van der Waals surface area contributed by atoms with Crippen molar-refractivity contribution in [2.45, 2.75) is 31.4 Å². The number of Topliss-reactive ketones (excluding diaryl/α,β-unsaturated/α-hetero) is 1. The van der Waals surface area contributed by atoms with E-state index in [4.69, 9.17) is 4.74 Å². The fourth-order valence-corrected chi connectivity index (χ4v) is 4.36. The quantitative estimate of drug-likeness (QED) is 0.688. The smallest absolute Gasteiger partial charge is 0.417 e. The molecule has 0 radical (unpaired) electrons. The summed E-state index contributed by atoms with van der Waals surface area (Å²) in [5.41, 5.74) is 1.75. The van der Waals surface area contributed by atoms with Gasteiger partial charge in [0.15, 0.2) is 5.78 Å². The molecule has 3 aliphatic rings. The summed E-state index contributed by atoms with van der Waals surface area (Å²) in [7, 11) is 0. The number of nitrogens with one attached hydrogen (secondary N) is 1. The number of cyclic esters (lactones) is 1. The van der Waals surface area contributed by atoms with Crippen LogP contribution in [0.25, 0.3) is 0 Å². The molecule has 1 aromatic carbocycles. The van der Waals surface area contributed by atoms with Crippen molar-refractivity contribution in [2.24, 2.45) is 0 Å². The summed E-state index contributed by atoms with van der Waals surface area (Å²) in [6.07, 6.45) is -2.78. The summed E-state index contributed by atoms with van der Waals surface area (Å²) >= 11 is 2.97. The number of benzene rings is 1. The van der Waals surface area contributed by atoms with Crippen molar-refractivity contribution in [2.75, 3.05) is 6.61 Å². The van der Waals surface area contributed by atoms with E-state index in [0.717, 1.165) is 11.8 Å². The molecule has 1 aromatic rings. The fourth-order valence-electron chi connectivity index (χ4n) is 3.74. The molecule has 1 aliphatic carbocycles. The van der Waals surface area contributed by atoms with Gasteiger partial charge in [-0.1, -0.05) is 22.0 Å². The molecule has 136 valence electrons. The molecule has 2 aliphatic heterocycles. The summed E-state index contributed by atoms with van der Waals surface area (Å²) in [6, 6.07) is 3.63. The van der Waals surface area contributed by atoms with Crippen molar-refractivity contribution in [1.82, 2.24) is 5.32 Å². The first kappa shape index (κ1) is 17.3. The van der Waals surface area contributed by atoms with E-state index in [1.54, 1.807) is 0 Å². The lowest BCUT2D eigenvalue weighted by molar-refractivity contribution is -0.138. The Morgan fingerprint density at radius 3 is 2.58 bits per heavy atom. The van der Waals surface area contributed by atoms with Crippen LogP contribution in [0.5, 0.6) is 0 Å². The Morgan fingerprint density at radius 1 is 1.12 bits per heavy atom. The van der Waals surface area contributed by atoms with Crippen molar-refractivity contribution >= 4 is 27.7 Å². The first-order valence-corrected chi connectivity index (χ1v) is 8.86. The highest BCUT2D eigenvalue weighted by Gasteiger charge is 2.43. The Hall–Kier alpha value is -2.09. The molecule has 26 heavy (non-hydrogen) atoms. The molecule has 0 amide bonds. The summed E-state index contributed by atoms with van der Waals surface area (Å²) < 4.78 is 44.1. The topological polar surface area (TPSA) is 55.4 Å². The molecule has 2 heterocycles. The largest absolute Gasteiger partial charge is 0.456 e. The van der Waals surface area contributed by atoms with Crippen LogP contribution in [0.15, 0.2) is 45.2 Å². The van der Waals surface area contributed by atoms with Crippen LogP contribution < -0.4 is 5.32 Å². The lowest BCUT2D eigenvalue weighted by Gasteiger charge is -2.32. The van der Waals surface area contributed by atoms with Gasteiger partial charge in [0.1, 0.15) is 6.61 Å². The maximum atomic E-state index is 13.0. The van der Waals surface area contributed by atoms with E-state index in [2.05, 4.69) is 21.2 Å². The third-order valence-corrected chi connectivity index (χ3v) is 5.52. The van der Waals surface area contributed by atoms with Gasteiger partial charge in [-0.05, 0) is 30.5 Å². The number of ether oxygens (including phenoxy) is 1. The summed E-state index contributed by atoms with van der Waals surface area (Å²) in [5, 5.41) is 3.13. The van der Waals surface area contributed by atoms with Gasteiger partial charge in [-0.3, -0.25) is 4.79 Å². The highest BCUT2D eigenvalue weighted by atomic mass is 79.9. The number of hydrogen-bond acceptors (Lipinski definition) is 4. The maximum absolute atomic E-state index is 13.0. The Kier molecular flexibility index (Phi) is 3.98. The van der Waals surface area contributed by atoms with Crippen molar-refractivity contribution in [3.63, 3.8) is 0 Å². The highest BCUT2D eigenvalue weighted by Crippen LogP contribution is 2.45. The number of esters is 1. The third-order valence-electron chi connectivity index (χ3n) is 4.86. The second-order valence-corrected chi connectivity index (χ2v) is 7.29. The van der Waals surface area contributed by atoms with Gasteiger partial charge in [-0.25, -0.2) is 4.79 Å². The van der Waals surface area contributed by atoms with Crippen molar-refractivity contribution in [3.8, 4) is 0 Å². The molecular formula is C18H13BrF3NO3. The van der Waals surface area contributed by atoms with Crippen LogP contribution in [0, 0.1) is 0 Å². The Morgan fingerprint density at radius 2 is 1.88 bits per heavy atom. The van der Waals surface area contributed by atoms with Gasteiger partial charge >= 0.3 is 12.1 Å². The van der Waals surface area contributed by atoms with Gasteiger partial charge < -0.3 is 10.1 Å². The number of allylic oxidation sites excluding steroid dienone is 2. The van der Waals surface area contributed by atoms with Crippen LogP contribution in [-0.4, -0.2) is 18.4 Å². The van der Waals surface area contributed by atoms with Crippen molar-refractivity contribution in [3.05, 3.63) is 56.3 Å². The number of carbonyl (C=O) groups excluding carboxylic acids is 2. The van der Waals surface area contributed by atoms with Crippen molar-refractivity contribution < 1.29 is 27.5 Å². The van der Waals surface area contributed by atoms with E-state index in [9.17, 15) is 22.8 Å². The normalized spacial score (nSPS) is 22.8. The Labute approximate surface area is 155 Å². The second-order valence-electron chi connectivity index (χ2n) is 6.43. The maximum Gasteiger partial charge on any atom is 0.417 e. The van der Waals surface area contributed by atoms with Gasteiger partial charge in [0.25, 0.3) is 0 Å². The number of ketones is 1. The average Bonchev–Trinajstić information content (AvgIpc) is 2.93. The van der Waals surface area contributed by atoms with Crippen molar-refractivity contribution in [1.29, 1.82) is 0 Å². The molecule has 0 spiro atoms. The summed E-state index contributed by atoms with van der Waals surface area (Å²) in [5.74, 6) is -1.34. The number of dihydropyridines is 1. The molecule has 0 saturated heterocycles. The van der Waals surface area contributed by atoms with Crippen LogP contribution in [-0.2, 0) is 20.5 Å². The Balaban J connectivity index is 1.87. The predicted molar refractivity (Wildman–Crippen MR) is 88.9 cm³/mol. The summed E-state index contributed by atoms with van der Waals surface area (Å²) in [4.78, 5) is 24.8. The summed E-state index contributed by atoms with van der Waals surface area (Å²) in [6.45, 7) is 0.0808. The van der Waals surface area contributed by atoms with Crippen LogP contribution in [0.4, 0.5) is 13.2 Å².